The van der Waals surface area contributed by atoms with E-state index >= 15 is 0 Å². The summed E-state index contributed by atoms with van der Waals surface area (Å²) in [5, 5.41) is 17.6. The van der Waals surface area contributed by atoms with E-state index in [1.54, 1.807) is 12.1 Å². The Morgan fingerprint density at radius 1 is 1.33 bits per heavy atom. The van der Waals surface area contributed by atoms with Crippen LogP contribution >= 0.6 is 0 Å². The number of carbonyl (C=O) groups is 1. The normalized spacial score (nSPS) is 18.6. The summed E-state index contributed by atoms with van der Waals surface area (Å²) >= 11 is 0. The highest BCUT2D eigenvalue weighted by Gasteiger charge is 2.21. The Bertz CT molecular complexity index is 653. The number of nitrogens with zero attached hydrogens (tertiary/aromatic N) is 2. The van der Waals surface area contributed by atoms with Gasteiger partial charge >= 0.3 is 5.97 Å². The summed E-state index contributed by atoms with van der Waals surface area (Å²) in [6, 6.07) is 7.20. The number of aromatic carboxylic acids is 1. The molecule has 0 spiro atoms. The van der Waals surface area contributed by atoms with Gasteiger partial charge in [-0.05, 0) is 31.4 Å². The molecule has 110 valence electrons. The fraction of sp³-hybridized carbons (Fsp3) is 0.400. The molecule has 1 atom stereocenters. The Morgan fingerprint density at radius 3 is 2.95 bits per heavy atom. The van der Waals surface area contributed by atoms with Crippen molar-refractivity contribution >= 4 is 16.9 Å². The van der Waals surface area contributed by atoms with Crippen LogP contribution in [0.4, 0.5) is 0 Å². The predicted octanol–water partition coefficient (Wildman–Crippen LogP) is 2.28. The first-order valence-electron chi connectivity index (χ1n) is 6.99. The van der Waals surface area contributed by atoms with Crippen molar-refractivity contribution in [3.63, 3.8) is 0 Å². The van der Waals surface area contributed by atoms with Crippen molar-refractivity contribution in [2.45, 2.75) is 25.4 Å². The van der Waals surface area contributed by atoms with Gasteiger partial charge in [-0.15, -0.1) is 10.2 Å². The number of benzene rings is 1. The Balaban J connectivity index is 1.90. The van der Waals surface area contributed by atoms with Crippen molar-refractivity contribution in [3.8, 4) is 5.75 Å². The average Bonchev–Trinajstić information content (AvgIpc) is 2.53. The van der Waals surface area contributed by atoms with E-state index in [-0.39, 0.29) is 17.5 Å². The van der Waals surface area contributed by atoms with E-state index in [2.05, 4.69) is 10.2 Å². The lowest BCUT2D eigenvalue weighted by Crippen LogP contribution is -2.26. The molecule has 3 rings (SSSR count). The van der Waals surface area contributed by atoms with Crippen molar-refractivity contribution in [1.82, 2.24) is 10.2 Å². The van der Waals surface area contributed by atoms with E-state index in [0.29, 0.717) is 17.5 Å². The maximum absolute atomic E-state index is 11.3. The van der Waals surface area contributed by atoms with Crippen LogP contribution in [0.1, 0.15) is 29.8 Å². The molecule has 0 saturated carbocycles. The van der Waals surface area contributed by atoms with Crippen LogP contribution in [0.3, 0.4) is 0 Å². The van der Waals surface area contributed by atoms with Gasteiger partial charge in [-0.1, -0.05) is 12.1 Å². The van der Waals surface area contributed by atoms with Gasteiger partial charge in [-0.2, -0.15) is 0 Å². The quantitative estimate of drug-likeness (QED) is 0.929. The van der Waals surface area contributed by atoms with E-state index in [1.807, 2.05) is 12.1 Å². The molecule has 6 nitrogen and oxygen atoms in total. The molecule has 0 amide bonds. The Labute approximate surface area is 121 Å². The van der Waals surface area contributed by atoms with Gasteiger partial charge in [0.1, 0.15) is 6.61 Å². The predicted molar refractivity (Wildman–Crippen MR) is 75.6 cm³/mol. The van der Waals surface area contributed by atoms with Gasteiger partial charge in [0, 0.05) is 12.0 Å². The lowest BCUT2D eigenvalue weighted by molar-refractivity contribution is -0.0111. The number of aromatic nitrogens is 2. The van der Waals surface area contributed by atoms with Gasteiger partial charge in [0.2, 0.25) is 5.69 Å². The number of hydrogen-bond donors (Lipinski definition) is 1. The maximum atomic E-state index is 11.3. The molecule has 1 aliphatic rings. The van der Waals surface area contributed by atoms with E-state index in [4.69, 9.17) is 9.47 Å². The van der Waals surface area contributed by atoms with Crippen molar-refractivity contribution in [2.75, 3.05) is 13.2 Å². The molecular weight excluding hydrogens is 272 g/mol. The van der Waals surface area contributed by atoms with E-state index in [9.17, 15) is 9.90 Å². The second-order valence-electron chi connectivity index (χ2n) is 5.00. The largest absolute Gasteiger partial charge is 0.488 e. The summed E-state index contributed by atoms with van der Waals surface area (Å²) in [5.74, 6) is -0.880. The molecule has 21 heavy (non-hydrogen) atoms. The summed E-state index contributed by atoms with van der Waals surface area (Å²) in [4.78, 5) is 11.3. The summed E-state index contributed by atoms with van der Waals surface area (Å²) in [6.45, 7) is 1.06. The molecular formula is C15H16N2O4. The highest BCUT2D eigenvalue weighted by Crippen LogP contribution is 2.27. The molecule has 0 aliphatic carbocycles. The minimum Gasteiger partial charge on any atom is -0.488 e. The van der Waals surface area contributed by atoms with Crippen molar-refractivity contribution in [1.29, 1.82) is 0 Å². The number of fused-ring (bicyclic) bond motifs is 1. The number of rotatable bonds is 4. The number of ether oxygens (including phenoxy) is 2. The molecule has 1 aromatic heterocycles. The molecule has 6 heteroatoms. The first kappa shape index (κ1) is 13.8. The minimum atomic E-state index is -1.15. The number of carboxylic acids is 1. The Hall–Kier alpha value is -2.21. The fourth-order valence-corrected chi connectivity index (χ4v) is 2.43. The van der Waals surface area contributed by atoms with Crippen LogP contribution in [-0.2, 0) is 4.74 Å². The molecule has 1 N–H and O–H groups in total. The van der Waals surface area contributed by atoms with Gasteiger partial charge < -0.3 is 14.6 Å². The van der Waals surface area contributed by atoms with E-state index in [1.165, 1.54) is 0 Å². The van der Waals surface area contributed by atoms with Gasteiger partial charge in [-0.25, -0.2) is 4.79 Å². The smallest absolute Gasteiger partial charge is 0.360 e. The van der Waals surface area contributed by atoms with Gasteiger partial charge in [0.05, 0.1) is 11.6 Å². The van der Waals surface area contributed by atoms with Crippen LogP contribution in [0.2, 0.25) is 0 Å². The highest BCUT2D eigenvalue weighted by atomic mass is 16.5. The first-order chi connectivity index (χ1) is 10.3. The molecule has 1 saturated heterocycles. The molecule has 1 aliphatic heterocycles. The van der Waals surface area contributed by atoms with Gasteiger partial charge in [0.25, 0.3) is 0 Å². The first-order valence-corrected chi connectivity index (χ1v) is 6.99. The van der Waals surface area contributed by atoms with Crippen LogP contribution in [0.25, 0.3) is 10.9 Å². The zero-order valence-corrected chi connectivity index (χ0v) is 11.5. The van der Waals surface area contributed by atoms with E-state index < -0.39 is 5.97 Å². The lowest BCUT2D eigenvalue weighted by atomic mass is 10.1. The third-order valence-corrected chi connectivity index (χ3v) is 3.51. The Morgan fingerprint density at radius 2 is 2.19 bits per heavy atom. The van der Waals surface area contributed by atoms with Crippen LogP contribution in [-0.4, -0.2) is 40.6 Å². The highest BCUT2D eigenvalue weighted by molar-refractivity contribution is 5.96. The summed E-state index contributed by atoms with van der Waals surface area (Å²) in [5.41, 5.74) is 0.451. The number of carboxylic acid groups (broad SMARTS) is 1. The van der Waals surface area contributed by atoms with Crippen LogP contribution in [0.15, 0.2) is 24.3 Å². The molecule has 1 fully saturated rings. The molecule has 2 heterocycles. The van der Waals surface area contributed by atoms with Crippen molar-refractivity contribution in [2.24, 2.45) is 0 Å². The second-order valence-corrected chi connectivity index (χ2v) is 5.00. The molecule has 0 bridgehead atoms. The number of hydrogen-bond acceptors (Lipinski definition) is 5. The maximum Gasteiger partial charge on any atom is 0.360 e. The monoisotopic (exact) mass is 288 g/mol. The standard InChI is InChI=1S/C15H16N2O4/c18-15(19)13-14(21-9-10-5-3-4-8-20-10)11-6-1-2-7-12(11)16-17-13/h1-2,6-7,10H,3-5,8-9H2,(H,18,19). The van der Waals surface area contributed by atoms with Crippen LogP contribution < -0.4 is 4.74 Å². The molecule has 2 aromatic rings. The minimum absolute atomic E-state index is 0.00678. The van der Waals surface area contributed by atoms with Gasteiger partial charge in [-0.3, -0.25) is 0 Å². The zero-order valence-electron chi connectivity index (χ0n) is 11.5. The third kappa shape index (κ3) is 2.95. The van der Waals surface area contributed by atoms with E-state index in [0.717, 1.165) is 25.9 Å². The second kappa shape index (κ2) is 6.05. The van der Waals surface area contributed by atoms with Crippen LogP contribution in [0.5, 0.6) is 5.75 Å². The average molecular weight is 288 g/mol. The fourth-order valence-electron chi connectivity index (χ4n) is 2.43. The zero-order chi connectivity index (χ0) is 14.7. The molecule has 0 radical (unpaired) electrons. The topological polar surface area (TPSA) is 81.5 Å². The summed E-state index contributed by atoms with van der Waals surface area (Å²) < 4.78 is 11.3. The summed E-state index contributed by atoms with van der Waals surface area (Å²) in [6.07, 6.45) is 3.11. The van der Waals surface area contributed by atoms with Crippen molar-refractivity contribution in [3.05, 3.63) is 30.0 Å². The Kier molecular flexibility index (Phi) is 3.96. The SMILES string of the molecule is O=C(O)c1nnc2ccccc2c1OCC1CCCCO1. The van der Waals surface area contributed by atoms with Crippen molar-refractivity contribution < 1.29 is 19.4 Å². The lowest BCUT2D eigenvalue weighted by Gasteiger charge is -2.23. The van der Waals surface area contributed by atoms with Crippen LogP contribution in [0, 0.1) is 0 Å². The molecule has 1 unspecified atom stereocenters. The summed E-state index contributed by atoms with van der Waals surface area (Å²) in [7, 11) is 0. The third-order valence-electron chi connectivity index (χ3n) is 3.51. The van der Waals surface area contributed by atoms with Gasteiger partial charge in [0.15, 0.2) is 5.75 Å². The molecule has 1 aromatic carbocycles.